The molecular formula is C20H32N3O3S+. The van der Waals surface area contributed by atoms with Gasteiger partial charge < -0.3 is 9.80 Å². The highest BCUT2D eigenvalue weighted by molar-refractivity contribution is 7.89. The zero-order valence-corrected chi connectivity index (χ0v) is 17.3. The van der Waals surface area contributed by atoms with Crippen LogP contribution in [0.2, 0.25) is 0 Å². The van der Waals surface area contributed by atoms with Crippen LogP contribution in [0.15, 0.2) is 29.2 Å². The number of rotatable bonds is 4. The standard InChI is InChI=1S/C20H31N3O3S/c1-17-7-9-19(10-8-17)27(25,26)23-15-13-21(14-16-23)18(2)20(24)22-11-5-3-4-6-12-22/h7-10,18H,3-6,11-16H2,1-2H3/p+1/t18-/m1/s1. The first-order chi connectivity index (χ1) is 12.9. The van der Waals surface area contributed by atoms with Gasteiger partial charge in [-0.25, -0.2) is 8.42 Å². The molecule has 7 heteroatoms. The molecule has 1 aromatic rings. The Morgan fingerprint density at radius 2 is 1.52 bits per heavy atom. The van der Waals surface area contributed by atoms with Gasteiger partial charge in [-0.15, -0.1) is 0 Å². The van der Waals surface area contributed by atoms with Gasteiger partial charge in [0.15, 0.2) is 6.04 Å². The number of carbonyl (C=O) groups excluding carboxylic acids is 1. The van der Waals surface area contributed by atoms with E-state index >= 15 is 0 Å². The van der Waals surface area contributed by atoms with Crippen LogP contribution in [0.3, 0.4) is 0 Å². The quantitative estimate of drug-likeness (QED) is 0.817. The van der Waals surface area contributed by atoms with E-state index in [1.54, 1.807) is 16.4 Å². The lowest BCUT2D eigenvalue weighted by Crippen LogP contribution is -3.19. The van der Waals surface area contributed by atoms with Gasteiger partial charge in [-0.1, -0.05) is 30.5 Å². The van der Waals surface area contributed by atoms with Gasteiger partial charge in [0, 0.05) is 13.1 Å². The zero-order valence-electron chi connectivity index (χ0n) is 16.5. The molecule has 0 radical (unpaired) electrons. The fraction of sp³-hybridized carbons (Fsp3) is 0.650. The van der Waals surface area contributed by atoms with Crippen molar-refractivity contribution < 1.29 is 18.1 Å². The van der Waals surface area contributed by atoms with Crippen LogP contribution in [-0.2, 0) is 14.8 Å². The zero-order chi connectivity index (χ0) is 19.4. The smallest absolute Gasteiger partial charge is 0.280 e. The Balaban J connectivity index is 1.59. The van der Waals surface area contributed by atoms with Crippen molar-refractivity contribution in [2.45, 2.75) is 50.5 Å². The summed E-state index contributed by atoms with van der Waals surface area (Å²) in [6.45, 7) is 7.94. The number of amides is 1. The van der Waals surface area contributed by atoms with Gasteiger partial charge in [0.25, 0.3) is 5.91 Å². The monoisotopic (exact) mass is 394 g/mol. The molecule has 0 aromatic heterocycles. The number of nitrogens with zero attached hydrogens (tertiary/aromatic N) is 2. The van der Waals surface area contributed by atoms with E-state index in [1.165, 1.54) is 17.7 Å². The number of carbonyl (C=O) groups is 1. The average Bonchev–Trinajstić information content (AvgIpc) is 2.97. The van der Waals surface area contributed by atoms with Gasteiger partial charge in [0.1, 0.15) is 0 Å². The lowest BCUT2D eigenvalue weighted by molar-refractivity contribution is -0.918. The summed E-state index contributed by atoms with van der Waals surface area (Å²) in [6, 6.07) is 6.91. The second kappa shape index (κ2) is 8.71. The molecule has 1 amide bonds. The largest absolute Gasteiger partial charge is 0.338 e. The summed E-state index contributed by atoms with van der Waals surface area (Å²) in [5.74, 6) is 0.224. The lowest BCUT2D eigenvalue weighted by atomic mass is 10.2. The van der Waals surface area contributed by atoms with E-state index in [9.17, 15) is 13.2 Å². The minimum absolute atomic E-state index is 0.104. The molecule has 2 heterocycles. The van der Waals surface area contributed by atoms with Crippen LogP contribution in [-0.4, -0.2) is 68.8 Å². The minimum atomic E-state index is -3.45. The second-order valence-electron chi connectivity index (χ2n) is 7.84. The Kier molecular flexibility index (Phi) is 6.55. The molecular weight excluding hydrogens is 362 g/mol. The molecule has 2 saturated heterocycles. The molecule has 0 unspecified atom stereocenters. The Morgan fingerprint density at radius 1 is 0.963 bits per heavy atom. The third-order valence-electron chi connectivity index (χ3n) is 5.92. The van der Waals surface area contributed by atoms with Crippen molar-refractivity contribution in [3.8, 4) is 0 Å². The fourth-order valence-corrected chi connectivity index (χ4v) is 5.49. The van der Waals surface area contributed by atoms with Crippen molar-refractivity contribution in [1.29, 1.82) is 0 Å². The summed E-state index contributed by atoms with van der Waals surface area (Å²) >= 11 is 0. The van der Waals surface area contributed by atoms with Crippen molar-refractivity contribution in [2.24, 2.45) is 0 Å². The van der Waals surface area contributed by atoms with Gasteiger partial charge in [0.05, 0.1) is 31.1 Å². The first-order valence-corrected chi connectivity index (χ1v) is 11.5. The van der Waals surface area contributed by atoms with Gasteiger partial charge in [-0.05, 0) is 38.8 Å². The van der Waals surface area contributed by atoms with Gasteiger partial charge in [-0.2, -0.15) is 4.31 Å². The van der Waals surface area contributed by atoms with Crippen molar-refractivity contribution in [2.75, 3.05) is 39.3 Å². The molecule has 1 N–H and O–H groups in total. The highest BCUT2D eigenvalue weighted by Gasteiger charge is 2.35. The van der Waals surface area contributed by atoms with E-state index in [1.807, 2.05) is 30.9 Å². The first-order valence-electron chi connectivity index (χ1n) is 10.1. The number of aryl methyl sites for hydroxylation is 1. The predicted molar refractivity (Wildman–Crippen MR) is 105 cm³/mol. The Labute approximate surface area is 163 Å². The molecule has 0 saturated carbocycles. The van der Waals surface area contributed by atoms with Gasteiger partial charge in [0.2, 0.25) is 10.0 Å². The number of nitrogens with one attached hydrogen (secondary N) is 1. The molecule has 0 spiro atoms. The van der Waals surface area contributed by atoms with E-state index < -0.39 is 10.0 Å². The fourth-order valence-electron chi connectivity index (χ4n) is 4.05. The number of likely N-dealkylation sites (tertiary alicyclic amines) is 1. The highest BCUT2D eigenvalue weighted by Crippen LogP contribution is 2.16. The van der Waals surface area contributed by atoms with E-state index in [2.05, 4.69) is 0 Å². The topological polar surface area (TPSA) is 62.1 Å². The van der Waals surface area contributed by atoms with Gasteiger partial charge >= 0.3 is 0 Å². The lowest BCUT2D eigenvalue weighted by Gasteiger charge is -2.35. The van der Waals surface area contributed by atoms with Crippen LogP contribution >= 0.6 is 0 Å². The number of piperazine rings is 1. The molecule has 1 atom stereocenters. The Hall–Kier alpha value is -1.44. The first kappa shape index (κ1) is 20.3. The van der Waals surface area contributed by atoms with Crippen LogP contribution in [0.5, 0.6) is 0 Å². The Bertz CT molecular complexity index is 732. The summed E-state index contributed by atoms with van der Waals surface area (Å²) < 4.78 is 27.2. The van der Waals surface area contributed by atoms with E-state index in [4.69, 9.17) is 0 Å². The molecule has 27 heavy (non-hydrogen) atoms. The summed E-state index contributed by atoms with van der Waals surface area (Å²) in [5.41, 5.74) is 1.05. The summed E-state index contributed by atoms with van der Waals surface area (Å²) in [6.07, 6.45) is 4.61. The van der Waals surface area contributed by atoms with E-state index in [0.717, 1.165) is 31.5 Å². The third-order valence-corrected chi connectivity index (χ3v) is 7.84. The van der Waals surface area contributed by atoms with Crippen LogP contribution in [0, 0.1) is 6.92 Å². The summed E-state index contributed by atoms with van der Waals surface area (Å²) in [7, 11) is -3.45. The van der Waals surface area contributed by atoms with Crippen molar-refractivity contribution >= 4 is 15.9 Å². The number of hydrogen-bond donors (Lipinski definition) is 1. The number of benzene rings is 1. The molecule has 0 bridgehead atoms. The van der Waals surface area contributed by atoms with Crippen LogP contribution in [0.1, 0.15) is 38.2 Å². The number of hydrogen-bond acceptors (Lipinski definition) is 3. The third kappa shape index (κ3) is 4.70. The van der Waals surface area contributed by atoms with Crippen LogP contribution in [0.4, 0.5) is 0 Å². The summed E-state index contributed by atoms with van der Waals surface area (Å²) in [4.78, 5) is 16.4. The second-order valence-corrected chi connectivity index (χ2v) is 9.77. The van der Waals surface area contributed by atoms with E-state index in [-0.39, 0.29) is 11.9 Å². The minimum Gasteiger partial charge on any atom is -0.338 e. The highest BCUT2D eigenvalue weighted by atomic mass is 32.2. The van der Waals surface area contributed by atoms with Crippen LogP contribution < -0.4 is 4.90 Å². The molecule has 6 nitrogen and oxygen atoms in total. The molecule has 0 aliphatic carbocycles. The normalized spacial score (nSPS) is 21.6. The number of quaternary nitrogens is 1. The van der Waals surface area contributed by atoms with E-state index in [0.29, 0.717) is 31.1 Å². The molecule has 3 rings (SSSR count). The summed E-state index contributed by atoms with van der Waals surface area (Å²) in [5, 5.41) is 0. The van der Waals surface area contributed by atoms with Gasteiger partial charge in [-0.3, -0.25) is 4.79 Å². The molecule has 2 fully saturated rings. The maximum absolute atomic E-state index is 12.9. The molecule has 2 aliphatic rings. The van der Waals surface area contributed by atoms with Crippen molar-refractivity contribution in [3.63, 3.8) is 0 Å². The van der Waals surface area contributed by atoms with Crippen molar-refractivity contribution in [3.05, 3.63) is 29.8 Å². The van der Waals surface area contributed by atoms with Crippen LogP contribution in [0.25, 0.3) is 0 Å². The SMILES string of the molecule is Cc1ccc(S(=O)(=O)N2CC[NH+]([C@H](C)C(=O)N3CCCCCC3)CC2)cc1. The van der Waals surface area contributed by atoms with Crippen molar-refractivity contribution in [1.82, 2.24) is 9.21 Å². The predicted octanol–water partition coefficient (Wildman–Crippen LogP) is 0.675. The molecule has 1 aromatic carbocycles. The maximum atomic E-state index is 12.9. The molecule has 150 valence electrons. The molecule has 2 aliphatic heterocycles. The average molecular weight is 395 g/mol. The number of sulfonamides is 1. The maximum Gasteiger partial charge on any atom is 0.280 e. The Morgan fingerprint density at radius 3 is 2.07 bits per heavy atom.